The number of amides is 1. The van der Waals surface area contributed by atoms with Crippen molar-refractivity contribution in [2.45, 2.75) is 58.3 Å². The maximum Gasteiger partial charge on any atom is 0.319 e. The molecule has 2 aromatic carbocycles. The number of imidazole rings is 1. The van der Waals surface area contributed by atoms with Gasteiger partial charge in [0.15, 0.2) is 5.69 Å². The number of fused-ring (bicyclic) bond motifs is 2. The lowest BCUT2D eigenvalue weighted by Crippen LogP contribution is -2.30. The summed E-state index contributed by atoms with van der Waals surface area (Å²) in [5, 5.41) is 6.46. The van der Waals surface area contributed by atoms with Crippen LogP contribution in [0, 0.1) is 0 Å². The Hall–Kier alpha value is -3.97. The molecule has 0 fully saturated rings. The molecule has 5 aromatic rings. The zero-order valence-corrected chi connectivity index (χ0v) is 29.9. The first-order valence-corrected chi connectivity index (χ1v) is 19.8. The van der Waals surface area contributed by atoms with E-state index in [9.17, 15) is 4.79 Å². The number of carbonyl (C=O) groups excluding carboxylic acids is 1. The Labute approximate surface area is 284 Å². The van der Waals surface area contributed by atoms with Crippen LogP contribution in [0.5, 0.6) is 11.9 Å². The molecule has 1 aliphatic heterocycles. The van der Waals surface area contributed by atoms with Crippen molar-refractivity contribution in [1.29, 1.82) is 0 Å². The molecule has 1 atom stereocenters. The highest BCUT2D eigenvalue weighted by atomic mass is 35.5. The van der Waals surface area contributed by atoms with E-state index in [2.05, 4.69) is 34.7 Å². The second kappa shape index (κ2) is 12.9. The highest BCUT2D eigenvalue weighted by molar-refractivity contribution is 6.76. The maximum atomic E-state index is 14.6. The summed E-state index contributed by atoms with van der Waals surface area (Å²) < 4.78 is 20.7. The van der Waals surface area contributed by atoms with Gasteiger partial charge in [0.25, 0.3) is 5.91 Å². The number of benzene rings is 2. The molecule has 1 amide bonds. The summed E-state index contributed by atoms with van der Waals surface area (Å²) in [7, 11) is 1.76. The lowest BCUT2D eigenvalue weighted by atomic mass is 10.0. The fraction of sp³-hybridized carbons (Fsp3) is 0.364. The Morgan fingerprint density at radius 3 is 2.38 bits per heavy atom. The molecule has 4 heterocycles. The molecule has 11 nitrogen and oxygen atoms in total. The van der Waals surface area contributed by atoms with E-state index in [1.54, 1.807) is 28.0 Å². The van der Waals surface area contributed by atoms with Crippen LogP contribution in [0.3, 0.4) is 0 Å². The molecule has 1 unspecified atom stereocenters. The highest BCUT2D eigenvalue weighted by Gasteiger charge is 2.45. The van der Waals surface area contributed by atoms with Gasteiger partial charge in [0.2, 0.25) is 5.88 Å². The van der Waals surface area contributed by atoms with Gasteiger partial charge in [0, 0.05) is 42.4 Å². The second-order valence-electron chi connectivity index (χ2n) is 12.9. The van der Waals surface area contributed by atoms with Crippen molar-refractivity contribution in [2.75, 3.05) is 25.7 Å². The Morgan fingerprint density at radius 2 is 1.72 bits per heavy atom. The molecule has 0 N–H and O–H groups in total. The van der Waals surface area contributed by atoms with Gasteiger partial charge in [-0.05, 0) is 49.7 Å². The normalized spacial score (nSPS) is 14.8. The number of anilines is 1. The van der Waals surface area contributed by atoms with E-state index < -0.39 is 14.1 Å². The largest absolute Gasteiger partial charge is 0.480 e. The van der Waals surface area contributed by atoms with E-state index in [0.29, 0.717) is 39.4 Å². The van der Waals surface area contributed by atoms with E-state index >= 15 is 0 Å². The molecule has 47 heavy (non-hydrogen) atoms. The average Bonchev–Trinajstić information content (AvgIpc) is 3.70. The van der Waals surface area contributed by atoms with Crippen LogP contribution in [-0.4, -0.2) is 64.1 Å². The average molecular weight is 695 g/mol. The van der Waals surface area contributed by atoms with Crippen LogP contribution in [0.1, 0.15) is 47.7 Å². The molecule has 0 saturated carbocycles. The SMILES string of the molecule is COc1ncc(-c2nc3c(n2C(C)C)C(c2ccc(Cl)cc2)N(c2cc(Cl)cc4c2cnn4COCC[Si](C)(C)C)C3=O)c(OC)n1. The van der Waals surface area contributed by atoms with Gasteiger partial charge in [-0.3, -0.25) is 9.69 Å². The molecule has 6 rings (SSSR count). The first kappa shape index (κ1) is 32.9. The van der Waals surface area contributed by atoms with Crippen LogP contribution in [0.4, 0.5) is 5.69 Å². The summed E-state index contributed by atoms with van der Waals surface area (Å²) in [5.74, 6) is 0.512. The van der Waals surface area contributed by atoms with Crippen LogP contribution in [-0.2, 0) is 11.5 Å². The number of halogens is 2. The summed E-state index contributed by atoms with van der Waals surface area (Å²) in [4.78, 5) is 30.0. The fourth-order valence-electron chi connectivity index (χ4n) is 5.85. The van der Waals surface area contributed by atoms with Crippen molar-refractivity contribution < 1.29 is 19.0 Å². The lowest BCUT2D eigenvalue weighted by Gasteiger charge is -2.29. The zero-order valence-electron chi connectivity index (χ0n) is 27.4. The zero-order chi connectivity index (χ0) is 33.6. The molecule has 246 valence electrons. The Bertz CT molecular complexity index is 1950. The Balaban J connectivity index is 1.51. The van der Waals surface area contributed by atoms with Crippen LogP contribution in [0.2, 0.25) is 35.7 Å². The molecule has 1 aliphatic rings. The maximum absolute atomic E-state index is 14.6. The van der Waals surface area contributed by atoms with Gasteiger partial charge < -0.3 is 18.8 Å². The minimum Gasteiger partial charge on any atom is -0.480 e. The van der Waals surface area contributed by atoms with Crippen molar-refractivity contribution in [3.05, 3.63) is 75.8 Å². The number of ether oxygens (including phenoxy) is 3. The number of carbonyl (C=O) groups is 1. The highest BCUT2D eigenvalue weighted by Crippen LogP contribution is 2.47. The van der Waals surface area contributed by atoms with E-state index in [4.69, 9.17) is 42.4 Å². The lowest BCUT2D eigenvalue weighted by molar-refractivity contribution is 0.0817. The molecular weight excluding hydrogens is 657 g/mol. The minimum absolute atomic E-state index is 0.106. The Morgan fingerprint density at radius 1 is 0.979 bits per heavy atom. The first-order chi connectivity index (χ1) is 22.4. The second-order valence-corrected chi connectivity index (χ2v) is 19.4. The number of aromatic nitrogens is 6. The molecular formula is C33H37Cl2N7O4Si. The van der Waals surface area contributed by atoms with E-state index in [1.807, 2.05) is 48.7 Å². The predicted molar refractivity (Wildman–Crippen MR) is 186 cm³/mol. The van der Waals surface area contributed by atoms with Crippen LogP contribution >= 0.6 is 23.2 Å². The summed E-state index contributed by atoms with van der Waals surface area (Å²) in [6.07, 6.45) is 3.36. The molecule has 14 heteroatoms. The first-order valence-electron chi connectivity index (χ1n) is 15.3. The van der Waals surface area contributed by atoms with Crippen molar-refractivity contribution in [3.63, 3.8) is 0 Å². The van der Waals surface area contributed by atoms with E-state index in [1.165, 1.54) is 14.2 Å². The minimum atomic E-state index is -1.25. The van der Waals surface area contributed by atoms with Crippen molar-refractivity contribution in [1.82, 2.24) is 29.3 Å². The molecule has 0 aliphatic carbocycles. The van der Waals surface area contributed by atoms with Crippen LogP contribution < -0.4 is 14.4 Å². The number of methoxy groups -OCH3 is 2. The topological polar surface area (TPSA) is 109 Å². The van der Waals surface area contributed by atoms with Crippen LogP contribution in [0.15, 0.2) is 48.8 Å². The summed E-state index contributed by atoms with van der Waals surface area (Å²) in [6.45, 7) is 12.0. The number of hydrogen-bond acceptors (Lipinski definition) is 8. The van der Waals surface area contributed by atoms with Gasteiger partial charge in [-0.2, -0.15) is 10.1 Å². The third kappa shape index (κ3) is 6.22. The summed E-state index contributed by atoms with van der Waals surface area (Å²) in [6, 6.07) is 11.7. The van der Waals surface area contributed by atoms with E-state index in [0.717, 1.165) is 28.2 Å². The van der Waals surface area contributed by atoms with E-state index in [-0.39, 0.29) is 30.6 Å². The third-order valence-electron chi connectivity index (χ3n) is 8.11. The number of nitrogens with zero attached hydrogens (tertiary/aromatic N) is 7. The molecule has 0 radical (unpaired) electrons. The van der Waals surface area contributed by atoms with Gasteiger partial charge in [0.1, 0.15) is 18.6 Å². The summed E-state index contributed by atoms with van der Waals surface area (Å²) >= 11 is 13.1. The monoisotopic (exact) mass is 693 g/mol. The number of hydrogen-bond donors (Lipinski definition) is 0. The molecule has 0 spiro atoms. The molecule has 0 bridgehead atoms. The Kier molecular flexibility index (Phi) is 9.05. The number of rotatable bonds is 11. The van der Waals surface area contributed by atoms with Gasteiger partial charge >= 0.3 is 6.01 Å². The van der Waals surface area contributed by atoms with Crippen molar-refractivity contribution in [3.8, 4) is 23.3 Å². The quantitative estimate of drug-likeness (QED) is 0.102. The smallest absolute Gasteiger partial charge is 0.319 e. The van der Waals surface area contributed by atoms with Gasteiger partial charge in [-0.25, -0.2) is 14.6 Å². The van der Waals surface area contributed by atoms with Crippen molar-refractivity contribution >= 4 is 53.8 Å². The molecule has 3 aromatic heterocycles. The fourth-order valence-corrected chi connectivity index (χ4v) is 6.94. The van der Waals surface area contributed by atoms with Crippen LogP contribution in [0.25, 0.3) is 22.3 Å². The van der Waals surface area contributed by atoms with Crippen molar-refractivity contribution in [2.24, 2.45) is 0 Å². The third-order valence-corrected chi connectivity index (χ3v) is 10.3. The van der Waals surface area contributed by atoms with Gasteiger partial charge in [-0.1, -0.05) is 55.0 Å². The van der Waals surface area contributed by atoms with Gasteiger partial charge in [-0.15, -0.1) is 0 Å². The van der Waals surface area contributed by atoms with Gasteiger partial charge in [0.05, 0.1) is 42.9 Å². The molecule has 0 saturated heterocycles. The standard InChI is InChI=1S/C33H37Cl2N7O4Si/c1-19(2)41-29-27(38-30(41)24-16-36-33(45-4)39-31(24)44-3)32(43)42(28(29)20-8-10-21(34)11-9-20)26-15-22(35)14-25-23(26)17-37-40(25)18-46-12-13-47(5,6)7/h8-11,14-17,19,28H,12-13,18H2,1-7H3. The predicted octanol–water partition coefficient (Wildman–Crippen LogP) is 7.66. The summed E-state index contributed by atoms with van der Waals surface area (Å²) in [5.41, 5.74) is 3.79.